The molecule has 0 aliphatic rings. The molecule has 0 aliphatic carbocycles. The summed E-state index contributed by atoms with van der Waals surface area (Å²) < 4.78 is 0. The maximum Gasteiger partial charge on any atom is 0.231 e. The van der Waals surface area contributed by atoms with Crippen LogP contribution in [-0.2, 0) is 29.0 Å². The van der Waals surface area contributed by atoms with E-state index in [1.54, 1.807) is 16.7 Å². The van der Waals surface area contributed by atoms with E-state index in [4.69, 9.17) is 0 Å². The van der Waals surface area contributed by atoms with Gasteiger partial charge in [0.15, 0.2) is 5.13 Å². The average Bonchev–Trinajstić information content (AvgIpc) is 3.25. The van der Waals surface area contributed by atoms with Crippen molar-refractivity contribution in [2.75, 3.05) is 5.32 Å². The lowest BCUT2D eigenvalue weighted by Gasteiger charge is -2.04. The Balaban J connectivity index is 1.46. The number of hydrogen-bond acceptors (Lipinski definition) is 6. The Morgan fingerprint density at radius 3 is 2.65 bits per heavy atom. The van der Waals surface area contributed by atoms with Crippen LogP contribution in [0.15, 0.2) is 41.1 Å². The van der Waals surface area contributed by atoms with Crippen molar-refractivity contribution in [1.82, 2.24) is 15.3 Å². The molecule has 0 spiro atoms. The van der Waals surface area contributed by atoms with Gasteiger partial charge in [0.2, 0.25) is 11.8 Å². The standard InChI is InChI=1S/C18H18N4O2S2/c1-12-4-2-5-13(20-12)10-19-16(23)8-14-11-26-18(21-14)22-17(24)9-15-6-3-7-25-15/h2-7,11H,8-10H2,1H3,(H,19,23)(H,21,22,24). The molecule has 0 bridgehead atoms. The predicted molar refractivity (Wildman–Crippen MR) is 103 cm³/mol. The first-order valence-electron chi connectivity index (χ1n) is 8.04. The number of thiazole rings is 1. The molecule has 6 nitrogen and oxygen atoms in total. The van der Waals surface area contributed by atoms with Crippen LogP contribution in [0, 0.1) is 6.92 Å². The van der Waals surface area contributed by atoms with E-state index in [1.807, 2.05) is 42.6 Å². The number of amides is 2. The van der Waals surface area contributed by atoms with Gasteiger partial charge in [-0.3, -0.25) is 14.6 Å². The second-order valence-electron chi connectivity index (χ2n) is 5.67. The van der Waals surface area contributed by atoms with Crippen molar-refractivity contribution in [3.8, 4) is 0 Å². The average molecular weight is 387 g/mol. The smallest absolute Gasteiger partial charge is 0.231 e. The largest absolute Gasteiger partial charge is 0.350 e. The first-order valence-corrected chi connectivity index (χ1v) is 9.80. The number of pyridine rings is 1. The third kappa shape index (κ3) is 5.47. The van der Waals surface area contributed by atoms with Crippen LogP contribution in [0.3, 0.4) is 0 Å². The third-order valence-electron chi connectivity index (χ3n) is 3.47. The number of thiophene rings is 1. The molecule has 26 heavy (non-hydrogen) atoms. The van der Waals surface area contributed by atoms with Crippen molar-refractivity contribution in [2.45, 2.75) is 26.3 Å². The summed E-state index contributed by atoms with van der Waals surface area (Å²) in [7, 11) is 0. The lowest BCUT2D eigenvalue weighted by Crippen LogP contribution is -2.25. The highest BCUT2D eigenvalue weighted by atomic mass is 32.1. The number of aryl methyl sites for hydroxylation is 1. The molecule has 2 N–H and O–H groups in total. The van der Waals surface area contributed by atoms with Crippen LogP contribution in [0.5, 0.6) is 0 Å². The van der Waals surface area contributed by atoms with Crippen molar-refractivity contribution < 1.29 is 9.59 Å². The summed E-state index contributed by atoms with van der Waals surface area (Å²) in [6.45, 7) is 2.30. The van der Waals surface area contributed by atoms with Gasteiger partial charge in [-0.2, -0.15) is 0 Å². The van der Waals surface area contributed by atoms with Gasteiger partial charge >= 0.3 is 0 Å². The highest BCUT2D eigenvalue weighted by molar-refractivity contribution is 7.14. The van der Waals surface area contributed by atoms with Crippen molar-refractivity contribution in [2.24, 2.45) is 0 Å². The van der Waals surface area contributed by atoms with Gasteiger partial charge in [-0.15, -0.1) is 22.7 Å². The zero-order valence-electron chi connectivity index (χ0n) is 14.2. The zero-order chi connectivity index (χ0) is 18.4. The van der Waals surface area contributed by atoms with Crippen molar-refractivity contribution in [3.63, 3.8) is 0 Å². The fraction of sp³-hybridized carbons (Fsp3) is 0.222. The Morgan fingerprint density at radius 2 is 1.88 bits per heavy atom. The molecule has 3 aromatic heterocycles. The first-order chi connectivity index (χ1) is 12.6. The van der Waals surface area contributed by atoms with Crippen LogP contribution in [0.4, 0.5) is 5.13 Å². The molecule has 134 valence electrons. The molecule has 0 atom stereocenters. The minimum atomic E-state index is -0.130. The van der Waals surface area contributed by atoms with Gasteiger partial charge in [0, 0.05) is 16.0 Å². The minimum Gasteiger partial charge on any atom is -0.350 e. The lowest BCUT2D eigenvalue weighted by molar-refractivity contribution is -0.120. The fourth-order valence-electron chi connectivity index (χ4n) is 2.29. The maximum atomic E-state index is 12.1. The van der Waals surface area contributed by atoms with Crippen LogP contribution >= 0.6 is 22.7 Å². The van der Waals surface area contributed by atoms with E-state index in [0.29, 0.717) is 23.8 Å². The summed E-state index contributed by atoms with van der Waals surface area (Å²) in [6.07, 6.45) is 0.500. The van der Waals surface area contributed by atoms with Gasteiger partial charge in [-0.25, -0.2) is 4.98 Å². The molecule has 0 radical (unpaired) electrons. The summed E-state index contributed by atoms with van der Waals surface area (Å²) in [4.78, 5) is 33.7. The number of nitrogens with zero attached hydrogens (tertiary/aromatic N) is 2. The Hall–Kier alpha value is -2.58. The van der Waals surface area contributed by atoms with Gasteiger partial charge < -0.3 is 10.6 Å². The summed E-state index contributed by atoms with van der Waals surface area (Å²) in [5.74, 6) is -0.238. The molecule has 3 aromatic rings. The van der Waals surface area contributed by atoms with E-state index in [2.05, 4.69) is 20.6 Å². The van der Waals surface area contributed by atoms with Gasteiger partial charge in [-0.1, -0.05) is 12.1 Å². The number of hydrogen-bond donors (Lipinski definition) is 2. The molecule has 0 fully saturated rings. The number of carbonyl (C=O) groups excluding carboxylic acids is 2. The lowest BCUT2D eigenvalue weighted by atomic mass is 10.3. The van der Waals surface area contributed by atoms with E-state index in [-0.39, 0.29) is 18.2 Å². The van der Waals surface area contributed by atoms with Gasteiger partial charge in [0.05, 0.1) is 30.8 Å². The molecule has 0 aromatic carbocycles. The van der Waals surface area contributed by atoms with Gasteiger partial charge in [0.25, 0.3) is 0 Å². The third-order valence-corrected chi connectivity index (χ3v) is 5.15. The molecule has 2 amide bonds. The number of nitrogens with one attached hydrogen (secondary N) is 2. The second kappa shape index (κ2) is 8.68. The molecule has 3 rings (SSSR count). The highest BCUT2D eigenvalue weighted by Gasteiger charge is 2.11. The first kappa shape index (κ1) is 18.2. The van der Waals surface area contributed by atoms with E-state index >= 15 is 0 Å². The normalized spacial score (nSPS) is 10.5. The highest BCUT2D eigenvalue weighted by Crippen LogP contribution is 2.17. The van der Waals surface area contributed by atoms with E-state index < -0.39 is 0 Å². The quantitative estimate of drug-likeness (QED) is 0.654. The fourth-order valence-corrected chi connectivity index (χ4v) is 3.72. The Morgan fingerprint density at radius 1 is 1.00 bits per heavy atom. The van der Waals surface area contributed by atoms with Crippen LogP contribution < -0.4 is 10.6 Å². The van der Waals surface area contributed by atoms with E-state index in [1.165, 1.54) is 11.3 Å². The topological polar surface area (TPSA) is 84.0 Å². The Bertz CT molecular complexity index is 890. The molecular weight excluding hydrogens is 368 g/mol. The Kier molecular flexibility index (Phi) is 6.08. The van der Waals surface area contributed by atoms with Crippen LogP contribution in [-0.4, -0.2) is 21.8 Å². The van der Waals surface area contributed by atoms with Crippen molar-refractivity contribution >= 4 is 39.6 Å². The number of anilines is 1. The molecule has 0 aliphatic heterocycles. The molecular formula is C18H18N4O2S2. The van der Waals surface area contributed by atoms with Crippen LogP contribution in [0.25, 0.3) is 0 Å². The summed E-state index contributed by atoms with van der Waals surface area (Å²) in [6, 6.07) is 9.53. The van der Waals surface area contributed by atoms with Gasteiger partial charge in [0.1, 0.15) is 0 Å². The van der Waals surface area contributed by atoms with E-state index in [9.17, 15) is 9.59 Å². The van der Waals surface area contributed by atoms with Crippen LogP contribution in [0.2, 0.25) is 0 Å². The number of carbonyl (C=O) groups is 2. The second-order valence-corrected chi connectivity index (χ2v) is 7.56. The molecule has 0 unspecified atom stereocenters. The monoisotopic (exact) mass is 386 g/mol. The van der Waals surface area contributed by atoms with Crippen molar-refractivity contribution in [1.29, 1.82) is 0 Å². The SMILES string of the molecule is Cc1cccc(CNC(=O)Cc2csc(NC(=O)Cc3cccs3)n2)n1. The maximum absolute atomic E-state index is 12.1. The molecule has 8 heteroatoms. The Labute approximate surface area is 159 Å². The minimum absolute atomic E-state index is 0.108. The molecule has 3 heterocycles. The summed E-state index contributed by atoms with van der Waals surface area (Å²) in [5, 5.41) is 9.83. The van der Waals surface area contributed by atoms with E-state index in [0.717, 1.165) is 16.3 Å². The summed E-state index contributed by atoms with van der Waals surface area (Å²) in [5.41, 5.74) is 2.37. The number of rotatable bonds is 7. The van der Waals surface area contributed by atoms with Crippen LogP contribution in [0.1, 0.15) is 22.0 Å². The zero-order valence-corrected chi connectivity index (χ0v) is 15.8. The van der Waals surface area contributed by atoms with Gasteiger partial charge in [-0.05, 0) is 30.5 Å². The molecule has 0 saturated carbocycles. The predicted octanol–water partition coefficient (Wildman–Crippen LogP) is 2.95. The summed E-state index contributed by atoms with van der Waals surface area (Å²) >= 11 is 2.86. The number of aromatic nitrogens is 2. The van der Waals surface area contributed by atoms with Crippen molar-refractivity contribution in [3.05, 3.63) is 63.1 Å². The molecule has 0 saturated heterocycles.